The van der Waals surface area contributed by atoms with Crippen molar-refractivity contribution in [1.82, 2.24) is 10.2 Å². The highest BCUT2D eigenvalue weighted by atomic mass is 19.3. The predicted molar refractivity (Wildman–Crippen MR) is 107 cm³/mol. The summed E-state index contributed by atoms with van der Waals surface area (Å²) in [4.78, 5) is 26.3. The van der Waals surface area contributed by atoms with Gasteiger partial charge < -0.3 is 15.0 Å². The Morgan fingerprint density at radius 2 is 1.87 bits per heavy atom. The zero-order valence-electron chi connectivity index (χ0n) is 16.5. The minimum Gasteiger partial charge on any atom is -0.487 e. The minimum absolute atomic E-state index is 0.0475. The molecule has 0 bridgehead atoms. The molecule has 2 aromatic rings. The van der Waals surface area contributed by atoms with Gasteiger partial charge in [0.2, 0.25) is 5.91 Å². The molecule has 2 aliphatic heterocycles. The molecule has 30 heavy (non-hydrogen) atoms. The second-order valence-electron chi connectivity index (χ2n) is 7.94. The third kappa shape index (κ3) is 4.30. The van der Waals surface area contributed by atoms with Crippen molar-refractivity contribution < 1.29 is 23.1 Å². The van der Waals surface area contributed by atoms with Crippen LogP contribution >= 0.6 is 0 Å². The van der Waals surface area contributed by atoms with Crippen molar-refractivity contribution in [2.45, 2.75) is 50.3 Å². The Morgan fingerprint density at radius 3 is 2.63 bits per heavy atom. The van der Waals surface area contributed by atoms with Gasteiger partial charge in [0.15, 0.2) is 0 Å². The molecule has 0 aliphatic carbocycles. The van der Waals surface area contributed by atoms with Gasteiger partial charge in [0.05, 0.1) is 6.04 Å². The molecule has 0 radical (unpaired) electrons. The molecule has 2 atom stereocenters. The van der Waals surface area contributed by atoms with Gasteiger partial charge in [-0.25, -0.2) is 0 Å². The smallest absolute Gasteiger partial charge is 0.315 e. The van der Waals surface area contributed by atoms with E-state index in [0.717, 1.165) is 5.56 Å². The van der Waals surface area contributed by atoms with Gasteiger partial charge >= 0.3 is 6.43 Å². The molecule has 158 valence electrons. The molecule has 4 rings (SSSR count). The molecule has 2 aliphatic rings. The van der Waals surface area contributed by atoms with Crippen LogP contribution in [0.25, 0.3) is 0 Å². The van der Waals surface area contributed by atoms with Crippen LogP contribution in [-0.4, -0.2) is 35.3 Å². The van der Waals surface area contributed by atoms with Gasteiger partial charge in [-0.3, -0.25) is 9.59 Å². The number of para-hydroxylation sites is 1. The van der Waals surface area contributed by atoms with Crippen LogP contribution in [0, 0.1) is 0 Å². The molecule has 2 unspecified atom stereocenters. The highest BCUT2D eigenvalue weighted by Gasteiger charge is 2.44. The van der Waals surface area contributed by atoms with E-state index in [1.54, 1.807) is 18.2 Å². The Balaban J connectivity index is 1.55. The molecule has 5 nitrogen and oxygen atoms in total. The van der Waals surface area contributed by atoms with Gasteiger partial charge in [-0.2, -0.15) is 8.78 Å². The van der Waals surface area contributed by atoms with Crippen LogP contribution in [0.5, 0.6) is 5.75 Å². The Kier molecular flexibility index (Phi) is 5.70. The zero-order chi connectivity index (χ0) is 21.1. The average Bonchev–Trinajstić information content (AvgIpc) is 2.89. The number of fused-ring (bicyclic) bond motifs is 1. The van der Waals surface area contributed by atoms with Gasteiger partial charge in [0, 0.05) is 37.9 Å². The number of carbonyl (C=O) groups excluding carboxylic acids is 2. The normalized spacial score (nSPS) is 23.6. The Morgan fingerprint density at radius 1 is 1.13 bits per heavy atom. The molecule has 7 heteroatoms. The average molecular weight is 414 g/mol. The highest BCUT2D eigenvalue weighted by molar-refractivity contribution is 5.80. The number of halogens is 2. The highest BCUT2D eigenvalue weighted by Crippen LogP contribution is 2.44. The molecule has 2 amide bonds. The van der Waals surface area contributed by atoms with Crippen molar-refractivity contribution >= 4 is 11.8 Å². The summed E-state index contributed by atoms with van der Waals surface area (Å²) in [6.45, 7) is 1.03. The van der Waals surface area contributed by atoms with E-state index in [-0.39, 0.29) is 5.91 Å². The maximum atomic E-state index is 12.9. The lowest BCUT2D eigenvalue weighted by atomic mass is 9.82. The molecule has 1 fully saturated rings. The molecule has 0 saturated carbocycles. The van der Waals surface area contributed by atoms with Crippen molar-refractivity contribution in [2.75, 3.05) is 6.54 Å². The predicted octanol–water partition coefficient (Wildman–Crippen LogP) is 3.84. The number of amides is 2. The van der Waals surface area contributed by atoms with Gasteiger partial charge in [-0.15, -0.1) is 0 Å². The summed E-state index contributed by atoms with van der Waals surface area (Å²) in [5.74, 6) is -0.666. The summed E-state index contributed by atoms with van der Waals surface area (Å²) in [6, 6.07) is 16.4. The first kappa shape index (κ1) is 20.3. The lowest BCUT2D eigenvalue weighted by Gasteiger charge is -2.42. The van der Waals surface area contributed by atoms with Crippen molar-refractivity contribution in [3.05, 3.63) is 65.7 Å². The topological polar surface area (TPSA) is 58.6 Å². The first-order valence-corrected chi connectivity index (χ1v) is 10.1. The summed E-state index contributed by atoms with van der Waals surface area (Å²) in [5, 5.41) is 2.46. The lowest BCUT2D eigenvalue weighted by Crippen LogP contribution is -2.46. The van der Waals surface area contributed by atoms with E-state index in [9.17, 15) is 18.4 Å². The van der Waals surface area contributed by atoms with Crippen LogP contribution < -0.4 is 10.1 Å². The van der Waals surface area contributed by atoms with Crippen molar-refractivity contribution in [3.63, 3.8) is 0 Å². The van der Waals surface area contributed by atoms with E-state index in [1.807, 2.05) is 41.3 Å². The largest absolute Gasteiger partial charge is 0.487 e. The molecule has 0 aromatic heterocycles. The monoisotopic (exact) mass is 414 g/mol. The van der Waals surface area contributed by atoms with Crippen LogP contribution in [-0.2, 0) is 16.1 Å². The van der Waals surface area contributed by atoms with Gasteiger partial charge in [0.1, 0.15) is 11.4 Å². The number of ether oxygens (including phenoxy) is 1. The van der Waals surface area contributed by atoms with Crippen molar-refractivity contribution in [3.8, 4) is 5.75 Å². The van der Waals surface area contributed by atoms with Crippen LogP contribution in [0.1, 0.15) is 42.9 Å². The number of nitrogens with zero attached hydrogens (tertiary/aromatic N) is 1. The van der Waals surface area contributed by atoms with E-state index in [2.05, 4.69) is 5.32 Å². The molecule has 2 heterocycles. The number of nitrogens with one attached hydrogen (secondary N) is 1. The molecule has 2 aromatic carbocycles. The molecular weight excluding hydrogens is 390 g/mol. The SMILES string of the molecule is O=C(NC1CC2(CCC(=O)N(Cc3ccccc3)CC2)Oc2ccccc21)C(F)F. The molecular formula is C23H24F2N2O3. The second kappa shape index (κ2) is 8.42. The summed E-state index contributed by atoms with van der Waals surface area (Å²) >= 11 is 0. The fourth-order valence-corrected chi connectivity index (χ4v) is 4.34. The van der Waals surface area contributed by atoms with E-state index in [4.69, 9.17) is 4.74 Å². The third-order valence-electron chi connectivity index (χ3n) is 5.91. The Labute approximate surface area is 174 Å². The van der Waals surface area contributed by atoms with E-state index in [1.165, 1.54) is 0 Å². The number of carbonyl (C=O) groups is 2. The van der Waals surface area contributed by atoms with Crippen molar-refractivity contribution in [2.24, 2.45) is 0 Å². The van der Waals surface area contributed by atoms with E-state index in [0.29, 0.717) is 50.1 Å². The first-order chi connectivity index (χ1) is 14.5. The number of hydrogen-bond acceptors (Lipinski definition) is 3. The standard InChI is InChI=1S/C23H24F2N2O3/c24-21(25)22(29)26-18-14-23(30-19-9-5-4-8-17(18)19)11-10-20(28)27(13-12-23)15-16-6-2-1-3-7-16/h1-9,18,21H,10-15H2,(H,26,29). The maximum absolute atomic E-state index is 12.9. The summed E-state index contributed by atoms with van der Waals surface area (Å²) < 4.78 is 32.1. The fraction of sp³-hybridized carbons (Fsp3) is 0.391. The number of alkyl halides is 2. The first-order valence-electron chi connectivity index (χ1n) is 10.1. The van der Waals surface area contributed by atoms with Crippen LogP contribution in [0.4, 0.5) is 8.78 Å². The van der Waals surface area contributed by atoms with Crippen molar-refractivity contribution in [1.29, 1.82) is 0 Å². The maximum Gasteiger partial charge on any atom is 0.315 e. The van der Waals surface area contributed by atoms with Gasteiger partial charge in [-0.05, 0) is 18.1 Å². The van der Waals surface area contributed by atoms with E-state index >= 15 is 0 Å². The van der Waals surface area contributed by atoms with Gasteiger partial charge in [0.25, 0.3) is 5.91 Å². The number of likely N-dealkylation sites (tertiary alicyclic amines) is 1. The van der Waals surface area contributed by atoms with Crippen LogP contribution in [0.15, 0.2) is 54.6 Å². The van der Waals surface area contributed by atoms with Crippen LogP contribution in [0.3, 0.4) is 0 Å². The summed E-state index contributed by atoms with van der Waals surface area (Å²) in [7, 11) is 0. The minimum atomic E-state index is -3.08. The third-order valence-corrected chi connectivity index (χ3v) is 5.91. The van der Waals surface area contributed by atoms with Gasteiger partial charge in [-0.1, -0.05) is 48.5 Å². The molecule has 1 N–H and O–H groups in total. The number of rotatable bonds is 4. The van der Waals surface area contributed by atoms with Crippen LogP contribution in [0.2, 0.25) is 0 Å². The number of benzene rings is 2. The lowest BCUT2D eigenvalue weighted by molar-refractivity contribution is -0.133. The summed E-state index contributed by atoms with van der Waals surface area (Å²) in [5.41, 5.74) is 1.06. The fourth-order valence-electron chi connectivity index (χ4n) is 4.34. The number of hydrogen-bond donors (Lipinski definition) is 1. The van der Waals surface area contributed by atoms with E-state index < -0.39 is 24.0 Å². The quantitative estimate of drug-likeness (QED) is 0.827. The zero-order valence-corrected chi connectivity index (χ0v) is 16.5. The summed E-state index contributed by atoms with van der Waals surface area (Å²) in [6.07, 6.45) is -1.36. The molecule has 1 spiro atoms. The Bertz CT molecular complexity index is 922. The molecule has 1 saturated heterocycles. The Hall–Kier alpha value is -2.96. The second-order valence-corrected chi connectivity index (χ2v) is 7.94.